The number of ether oxygens (including phenoxy) is 1. The van der Waals surface area contributed by atoms with Crippen LogP contribution in [0, 0.1) is 18.3 Å². The molecule has 0 aliphatic carbocycles. The second-order valence-electron chi connectivity index (χ2n) is 7.29. The molecule has 4 rings (SSSR count). The van der Waals surface area contributed by atoms with Crippen LogP contribution < -0.4 is 20.7 Å². The van der Waals surface area contributed by atoms with Gasteiger partial charge in [0.1, 0.15) is 12.4 Å². The minimum atomic E-state index is -0.00166. The molecule has 3 N–H and O–H groups in total. The molecule has 0 unspecified atom stereocenters. The Labute approximate surface area is 189 Å². The highest BCUT2D eigenvalue weighted by atomic mass is 35.5. The van der Waals surface area contributed by atoms with Gasteiger partial charge >= 0.3 is 0 Å². The van der Waals surface area contributed by atoms with Crippen molar-refractivity contribution in [3.63, 3.8) is 0 Å². The number of hydrogen-bond acceptors (Lipinski definition) is 8. The van der Waals surface area contributed by atoms with E-state index in [4.69, 9.17) is 22.1 Å². The topological polar surface area (TPSA) is 130 Å². The third-order valence-corrected chi connectivity index (χ3v) is 5.31. The summed E-state index contributed by atoms with van der Waals surface area (Å²) in [6, 6.07) is 12.6. The predicted molar refractivity (Wildman–Crippen MR) is 121 cm³/mol. The number of halogens is 1. The van der Waals surface area contributed by atoms with Crippen LogP contribution in [0.5, 0.6) is 5.75 Å². The molecule has 3 aromatic rings. The number of nitrogens with zero attached hydrogens (tertiary/aromatic N) is 5. The summed E-state index contributed by atoms with van der Waals surface area (Å²) in [5.41, 5.74) is 8.52. The first-order valence-electron chi connectivity index (χ1n) is 9.93. The summed E-state index contributed by atoms with van der Waals surface area (Å²) in [5, 5.41) is 13.0. The van der Waals surface area contributed by atoms with Crippen LogP contribution in [0.3, 0.4) is 0 Å². The van der Waals surface area contributed by atoms with E-state index in [-0.39, 0.29) is 24.4 Å². The van der Waals surface area contributed by atoms with E-state index < -0.39 is 0 Å². The highest BCUT2D eigenvalue weighted by Crippen LogP contribution is 2.28. The van der Waals surface area contributed by atoms with E-state index in [9.17, 15) is 10.1 Å². The second kappa shape index (κ2) is 9.08. The maximum Gasteiger partial charge on any atom is 0.232 e. The summed E-state index contributed by atoms with van der Waals surface area (Å²) in [6.45, 7) is 2.53. The van der Waals surface area contributed by atoms with Gasteiger partial charge in [-0.25, -0.2) is 0 Å². The van der Waals surface area contributed by atoms with Crippen molar-refractivity contribution in [3.05, 3.63) is 58.4 Å². The summed E-state index contributed by atoms with van der Waals surface area (Å²) in [7, 11) is 0. The molecule has 0 radical (unpaired) electrons. The molecule has 10 heteroatoms. The van der Waals surface area contributed by atoms with Gasteiger partial charge in [-0.2, -0.15) is 20.2 Å². The summed E-state index contributed by atoms with van der Waals surface area (Å²) >= 11 is 6.17. The van der Waals surface area contributed by atoms with E-state index in [0.29, 0.717) is 46.5 Å². The lowest BCUT2D eigenvalue weighted by molar-refractivity contribution is -0.117. The third kappa shape index (κ3) is 4.87. The lowest BCUT2D eigenvalue weighted by Crippen LogP contribution is -2.23. The number of aromatic nitrogens is 3. The molecular formula is C22H20ClN7O2. The number of nitrogen functional groups attached to an aromatic ring is 1. The molecule has 9 nitrogen and oxygen atoms in total. The van der Waals surface area contributed by atoms with Crippen molar-refractivity contribution in [2.45, 2.75) is 26.4 Å². The molecule has 1 amide bonds. The quantitative estimate of drug-likeness (QED) is 0.582. The monoisotopic (exact) mass is 449 g/mol. The first-order valence-corrected chi connectivity index (χ1v) is 10.3. The highest BCUT2D eigenvalue weighted by Gasteiger charge is 2.22. The van der Waals surface area contributed by atoms with E-state index in [2.05, 4.69) is 26.3 Å². The molecular weight excluding hydrogens is 430 g/mol. The minimum absolute atomic E-state index is 0.00166. The lowest BCUT2D eigenvalue weighted by Gasteiger charge is -2.17. The van der Waals surface area contributed by atoms with Crippen LogP contribution in [0.1, 0.15) is 29.8 Å². The van der Waals surface area contributed by atoms with Gasteiger partial charge in [0.15, 0.2) is 5.82 Å². The Bertz CT molecular complexity index is 1230. The molecule has 2 heterocycles. The second-order valence-corrected chi connectivity index (χ2v) is 7.69. The largest absolute Gasteiger partial charge is 0.485 e. The lowest BCUT2D eigenvalue weighted by atomic mass is 10.2. The standard InChI is InChI=1S/C22H20ClN7O2/c1-13-4-5-15(9-18(13)23)26-22-28-19(27-21(25)29-22)12-32-17-8-14(11-24)7-16(10-17)30-6-2-3-20(30)31/h4-5,7-10H,2-3,6,12H2,1H3,(H3,25,26,27,28,29). The number of nitrogens with two attached hydrogens (primary N) is 1. The summed E-state index contributed by atoms with van der Waals surface area (Å²) in [6.07, 6.45) is 1.29. The number of nitriles is 1. The van der Waals surface area contributed by atoms with Crippen LogP contribution in [0.15, 0.2) is 36.4 Å². The number of carbonyl (C=O) groups excluding carboxylic acids is 1. The Balaban J connectivity index is 1.52. The van der Waals surface area contributed by atoms with Crippen LogP contribution in [-0.2, 0) is 11.4 Å². The average molecular weight is 450 g/mol. The van der Waals surface area contributed by atoms with E-state index in [1.807, 2.05) is 19.1 Å². The van der Waals surface area contributed by atoms with Crippen molar-refractivity contribution in [1.82, 2.24) is 15.0 Å². The van der Waals surface area contributed by atoms with Crippen molar-refractivity contribution in [1.29, 1.82) is 5.26 Å². The summed E-state index contributed by atoms with van der Waals surface area (Å²) in [4.78, 5) is 26.3. The van der Waals surface area contributed by atoms with E-state index in [1.165, 1.54) is 0 Å². The van der Waals surface area contributed by atoms with Gasteiger partial charge in [-0.15, -0.1) is 0 Å². The molecule has 1 aromatic heterocycles. The molecule has 0 bridgehead atoms. The Hall–Kier alpha value is -3.90. The molecule has 0 saturated carbocycles. The predicted octanol–water partition coefficient (Wildman–Crippen LogP) is 3.74. The van der Waals surface area contributed by atoms with Crippen molar-refractivity contribution in [3.8, 4) is 11.8 Å². The third-order valence-electron chi connectivity index (χ3n) is 4.90. The van der Waals surface area contributed by atoms with Gasteiger partial charge in [0, 0.05) is 35.4 Å². The minimum Gasteiger partial charge on any atom is -0.485 e. The number of hydrogen-bond donors (Lipinski definition) is 2. The number of benzene rings is 2. The van der Waals surface area contributed by atoms with Crippen molar-refractivity contribution in [2.24, 2.45) is 0 Å². The van der Waals surface area contributed by atoms with Crippen molar-refractivity contribution < 1.29 is 9.53 Å². The molecule has 1 aliphatic rings. The summed E-state index contributed by atoms with van der Waals surface area (Å²) < 4.78 is 5.82. The van der Waals surface area contributed by atoms with Gasteiger partial charge in [0.25, 0.3) is 0 Å². The molecule has 1 saturated heterocycles. The Morgan fingerprint density at radius 3 is 2.81 bits per heavy atom. The van der Waals surface area contributed by atoms with Crippen LogP contribution in [-0.4, -0.2) is 27.4 Å². The van der Waals surface area contributed by atoms with E-state index in [0.717, 1.165) is 12.0 Å². The molecule has 32 heavy (non-hydrogen) atoms. The fourth-order valence-electron chi connectivity index (χ4n) is 3.31. The van der Waals surface area contributed by atoms with Gasteiger partial charge in [-0.05, 0) is 43.2 Å². The molecule has 1 fully saturated rings. The van der Waals surface area contributed by atoms with Gasteiger partial charge in [0.05, 0.1) is 11.6 Å². The zero-order valence-electron chi connectivity index (χ0n) is 17.3. The maximum atomic E-state index is 12.1. The smallest absolute Gasteiger partial charge is 0.232 e. The molecule has 2 aromatic carbocycles. The zero-order chi connectivity index (χ0) is 22.7. The number of carbonyl (C=O) groups is 1. The Kier molecular flexibility index (Phi) is 6.05. The number of aryl methyl sites for hydroxylation is 1. The van der Waals surface area contributed by atoms with E-state index >= 15 is 0 Å². The van der Waals surface area contributed by atoms with Crippen LogP contribution in [0.25, 0.3) is 0 Å². The first kappa shape index (κ1) is 21.3. The van der Waals surface area contributed by atoms with Crippen LogP contribution in [0.4, 0.5) is 23.3 Å². The SMILES string of the molecule is Cc1ccc(Nc2nc(N)nc(COc3cc(C#N)cc(N4CCCC4=O)c3)n2)cc1Cl. The fourth-order valence-corrected chi connectivity index (χ4v) is 3.49. The normalized spacial score (nSPS) is 13.2. The fraction of sp³-hybridized carbons (Fsp3) is 0.227. The molecule has 0 atom stereocenters. The molecule has 162 valence electrons. The number of nitrogens with one attached hydrogen (secondary N) is 1. The van der Waals surface area contributed by atoms with Crippen LogP contribution in [0.2, 0.25) is 5.02 Å². The zero-order valence-corrected chi connectivity index (χ0v) is 18.1. The average Bonchev–Trinajstić information content (AvgIpc) is 3.20. The van der Waals surface area contributed by atoms with Gasteiger partial charge in [0.2, 0.25) is 17.8 Å². The van der Waals surface area contributed by atoms with E-state index in [1.54, 1.807) is 29.2 Å². The number of anilines is 4. The molecule has 0 spiro atoms. The summed E-state index contributed by atoms with van der Waals surface area (Å²) in [5.74, 6) is 1.05. The molecule has 1 aliphatic heterocycles. The maximum absolute atomic E-state index is 12.1. The number of rotatable bonds is 6. The van der Waals surface area contributed by atoms with Gasteiger partial charge < -0.3 is 20.7 Å². The van der Waals surface area contributed by atoms with Crippen molar-refractivity contribution >= 4 is 40.8 Å². The highest BCUT2D eigenvalue weighted by molar-refractivity contribution is 6.31. The van der Waals surface area contributed by atoms with Gasteiger partial charge in [-0.3, -0.25) is 4.79 Å². The first-order chi connectivity index (χ1) is 15.4. The Morgan fingerprint density at radius 2 is 2.09 bits per heavy atom. The van der Waals surface area contributed by atoms with Crippen LogP contribution >= 0.6 is 11.6 Å². The van der Waals surface area contributed by atoms with Crippen molar-refractivity contribution in [2.75, 3.05) is 22.5 Å². The Morgan fingerprint density at radius 1 is 1.25 bits per heavy atom. The van der Waals surface area contributed by atoms with Gasteiger partial charge in [-0.1, -0.05) is 17.7 Å². The number of amides is 1.